The van der Waals surface area contributed by atoms with Crippen molar-refractivity contribution in [3.05, 3.63) is 90.1 Å². The van der Waals surface area contributed by atoms with Gasteiger partial charge >= 0.3 is 0 Å². The van der Waals surface area contributed by atoms with E-state index in [2.05, 4.69) is 30.0 Å². The number of hydrogen-bond donors (Lipinski definition) is 3. The Kier molecular flexibility index (Phi) is 7.93. The molecule has 2 aromatic carbocycles. The normalized spacial score (nSPS) is 18.7. The highest BCUT2D eigenvalue weighted by Crippen LogP contribution is 2.34. The number of nitrogen functional groups attached to an aromatic ring is 1. The molecule has 0 bridgehead atoms. The predicted octanol–water partition coefficient (Wildman–Crippen LogP) is 4.42. The van der Waals surface area contributed by atoms with Gasteiger partial charge in [0.1, 0.15) is 23.8 Å². The first-order valence-corrected chi connectivity index (χ1v) is 14.4. The van der Waals surface area contributed by atoms with Gasteiger partial charge in [0.05, 0.1) is 41.6 Å². The average Bonchev–Trinajstić information content (AvgIpc) is 3.48. The Morgan fingerprint density at radius 3 is 2.72 bits per heavy atom. The summed E-state index contributed by atoms with van der Waals surface area (Å²) in [4.78, 5) is 18.8. The number of nitrogens with zero attached hydrogens (tertiary/aromatic N) is 6. The molecule has 0 saturated carbocycles. The van der Waals surface area contributed by atoms with Gasteiger partial charge in [-0.25, -0.2) is 32.5 Å². The minimum absolute atomic E-state index is 0.0118. The quantitative estimate of drug-likeness (QED) is 0.191. The molecule has 3 aromatic heterocycles. The maximum absolute atomic E-state index is 15.3. The Bertz CT molecular complexity index is 1930. The third-order valence-corrected chi connectivity index (χ3v) is 8.25. The molecule has 3 atom stereocenters. The molecule has 1 aliphatic heterocycles. The van der Waals surface area contributed by atoms with Crippen LogP contribution in [0.4, 0.5) is 29.1 Å². The van der Waals surface area contributed by atoms with Crippen LogP contribution in [-0.4, -0.2) is 68.3 Å². The average molecular weight is 640 g/mol. The lowest BCUT2D eigenvalue weighted by Gasteiger charge is -2.42. The Morgan fingerprint density at radius 1 is 1.11 bits per heavy atom. The fraction of sp³-hybridized carbons (Fsp3) is 0.312. The van der Waals surface area contributed by atoms with Crippen molar-refractivity contribution in [1.29, 1.82) is 0 Å². The van der Waals surface area contributed by atoms with Gasteiger partial charge in [0.15, 0.2) is 23.0 Å². The van der Waals surface area contributed by atoms with Crippen LogP contribution in [-0.2, 0) is 13.1 Å². The van der Waals surface area contributed by atoms with Crippen molar-refractivity contribution in [2.24, 2.45) is 5.92 Å². The SMILES string of the molecule is [2H]C([2H])([2H])Oc1cc(F)c(-c2cc(Cn3cnc4c(N)ncnc43)c(N3CC[C@@H](NCc4ccccc4)C([C@H](O)C(F)F)C3)cn2)cc1F. The van der Waals surface area contributed by atoms with E-state index in [0.717, 1.165) is 11.6 Å². The van der Waals surface area contributed by atoms with Gasteiger partial charge < -0.3 is 30.4 Å². The first kappa shape index (κ1) is 27.5. The van der Waals surface area contributed by atoms with E-state index in [0.29, 0.717) is 48.0 Å². The number of imidazole rings is 1. The number of aliphatic hydroxyl groups is 1. The van der Waals surface area contributed by atoms with Crippen LogP contribution in [0.25, 0.3) is 22.4 Å². The molecule has 14 heteroatoms. The summed E-state index contributed by atoms with van der Waals surface area (Å²) in [5.74, 6) is -3.59. The van der Waals surface area contributed by atoms with E-state index in [9.17, 15) is 18.3 Å². The fourth-order valence-electron chi connectivity index (χ4n) is 5.88. The van der Waals surface area contributed by atoms with Crippen LogP contribution in [0.5, 0.6) is 5.75 Å². The van der Waals surface area contributed by atoms with Crippen molar-refractivity contribution in [2.75, 3.05) is 30.8 Å². The van der Waals surface area contributed by atoms with E-state index in [4.69, 9.17) is 9.85 Å². The second-order valence-corrected chi connectivity index (χ2v) is 11.1. The van der Waals surface area contributed by atoms with Gasteiger partial charge in [0, 0.05) is 43.2 Å². The Morgan fingerprint density at radius 2 is 1.93 bits per heavy atom. The molecule has 4 heterocycles. The second kappa shape index (κ2) is 13.3. The summed E-state index contributed by atoms with van der Waals surface area (Å²) < 4.78 is 86.1. The van der Waals surface area contributed by atoms with Crippen molar-refractivity contribution in [2.45, 2.75) is 38.1 Å². The molecule has 0 amide bonds. The number of halogens is 4. The summed E-state index contributed by atoms with van der Waals surface area (Å²) in [6, 6.07) is 12.0. The first-order chi connectivity index (χ1) is 23.4. The zero-order valence-corrected chi connectivity index (χ0v) is 24.3. The van der Waals surface area contributed by atoms with Gasteiger partial charge in [-0.3, -0.25) is 4.98 Å². The van der Waals surface area contributed by atoms with Gasteiger partial charge in [-0.05, 0) is 29.7 Å². The van der Waals surface area contributed by atoms with Crippen molar-refractivity contribution >= 4 is 22.7 Å². The largest absolute Gasteiger partial charge is 0.494 e. The third-order valence-electron chi connectivity index (χ3n) is 8.25. The van der Waals surface area contributed by atoms with Gasteiger partial charge in [0.2, 0.25) is 0 Å². The number of aromatic nitrogens is 5. The number of methoxy groups -OCH3 is 1. The number of fused-ring (bicyclic) bond motifs is 1. The van der Waals surface area contributed by atoms with Crippen molar-refractivity contribution in [3.63, 3.8) is 0 Å². The Labute approximate surface area is 266 Å². The lowest BCUT2D eigenvalue weighted by molar-refractivity contribution is -0.0497. The minimum Gasteiger partial charge on any atom is -0.494 e. The van der Waals surface area contributed by atoms with Crippen LogP contribution in [0.1, 0.15) is 21.7 Å². The lowest BCUT2D eigenvalue weighted by atomic mass is 9.86. The van der Waals surface area contributed by atoms with Crippen LogP contribution in [0.15, 0.2) is 67.4 Å². The van der Waals surface area contributed by atoms with Crippen molar-refractivity contribution in [1.82, 2.24) is 29.8 Å². The van der Waals surface area contributed by atoms with E-state index in [1.165, 1.54) is 24.9 Å². The molecule has 10 nitrogen and oxygen atoms in total. The second-order valence-electron chi connectivity index (χ2n) is 11.1. The number of piperidine rings is 1. The van der Waals surface area contributed by atoms with E-state index in [1.54, 1.807) is 4.57 Å². The number of alkyl halides is 2. The number of ether oxygens (including phenoxy) is 1. The number of aliphatic hydroxyl groups excluding tert-OH is 1. The smallest absolute Gasteiger partial charge is 0.264 e. The van der Waals surface area contributed by atoms with Crippen LogP contribution in [0.2, 0.25) is 0 Å². The maximum Gasteiger partial charge on any atom is 0.264 e. The fourth-order valence-corrected chi connectivity index (χ4v) is 5.88. The molecule has 0 radical (unpaired) electrons. The summed E-state index contributed by atoms with van der Waals surface area (Å²) in [7, 11) is -3.00. The minimum atomic E-state index is -3.00. The topological polar surface area (TPSA) is 127 Å². The summed E-state index contributed by atoms with van der Waals surface area (Å²) in [6.07, 6.45) is -0.296. The molecule has 5 aromatic rings. The molecule has 1 unspecified atom stereocenters. The molecular formula is C32H32F4N8O2. The van der Waals surface area contributed by atoms with Crippen molar-refractivity contribution in [3.8, 4) is 17.0 Å². The van der Waals surface area contributed by atoms with Gasteiger partial charge in [-0.2, -0.15) is 0 Å². The predicted molar refractivity (Wildman–Crippen MR) is 164 cm³/mol. The molecule has 240 valence electrons. The molecular weight excluding hydrogens is 604 g/mol. The summed E-state index contributed by atoms with van der Waals surface area (Å²) in [6.45, 7) is 0.944. The number of anilines is 2. The highest BCUT2D eigenvalue weighted by molar-refractivity contribution is 5.81. The van der Waals surface area contributed by atoms with Gasteiger partial charge in [-0.15, -0.1) is 0 Å². The molecule has 1 fully saturated rings. The first-order valence-electron chi connectivity index (χ1n) is 15.9. The zero-order chi connectivity index (χ0) is 34.9. The highest BCUT2D eigenvalue weighted by atomic mass is 19.3. The van der Waals surface area contributed by atoms with E-state index < -0.39 is 48.9 Å². The van der Waals surface area contributed by atoms with Gasteiger partial charge in [0.25, 0.3) is 6.43 Å². The van der Waals surface area contributed by atoms with E-state index in [1.807, 2.05) is 35.2 Å². The Balaban J connectivity index is 1.36. The summed E-state index contributed by atoms with van der Waals surface area (Å²) >= 11 is 0. The third kappa shape index (κ3) is 6.30. The summed E-state index contributed by atoms with van der Waals surface area (Å²) in [5.41, 5.74) is 8.46. The monoisotopic (exact) mass is 639 g/mol. The van der Waals surface area contributed by atoms with Crippen LogP contribution < -0.4 is 20.7 Å². The van der Waals surface area contributed by atoms with Crippen LogP contribution >= 0.6 is 0 Å². The number of nitrogens with two attached hydrogens (primary N) is 1. The molecule has 46 heavy (non-hydrogen) atoms. The van der Waals surface area contributed by atoms with Crippen LogP contribution in [0, 0.1) is 17.6 Å². The van der Waals surface area contributed by atoms with E-state index >= 15 is 4.39 Å². The number of nitrogens with one attached hydrogen (secondary N) is 1. The highest BCUT2D eigenvalue weighted by Gasteiger charge is 2.38. The van der Waals surface area contributed by atoms with Crippen LogP contribution in [0.3, 0.4) is 0 Å². The van der Waals surface area contributed by atoms with Gasteiger partial charge in [-0.1, -0.05) is 30.3 Å². The lowest BCUT2D eigenvalue weighted by Crippen LogP contribution is -2.55. The molecule has 1 saturated heterocycles. The molecule has 0 aliphatic carbocycles. The number of pyridine rings is 1. The zero-order valence-electron chi connectivity index (χ0n) is 27.3. The number of benzene rings is 2. The summed E-state index contributed by atoms with van der Waals surface area (Å²) in [5, 5.41) is 14.0. The number of hydrogen-bond acceptors (Lipinski definition) is 9. The molecule has 4 N–H and O–H groups in total. The number of rotatable bonds is 10. The standard InChI is InChI=1S/C32H32F4N8O2/c1-46-27-11-22(33)20(10-23(27)34)25-9-19(14-44-17-42-28-31(37)40-16-41-32(28)44)26(13-39-25)43-8-7-24(21(15-43)29(45)30(35)36)38-12-18-5-3-2-4-6-18/h2-6,9-11,13,16-17,21,24,29-30,38,45H,7-8,12,14-15H2,1H3,(H2,37,40,41)/t21?,24-,29+/m1/s1/i1D3. The molecule has 1 aliphatic rings. The Hall–Kier alpha value is -4.82. The van der Waals surface area contributed by atoms with Crippen molar-refractivity contribution < 1.29 is 31.5 Å². The van der Waals surface area contributed by atoms with E-state index in [-0.39, 0.29) is 30.2 Å². The maximum atomic E-state index is 15.3. The molecule has 0 spiro atoms. The molecule has 6 rings (SSSR count).